The number of carbonyl (C=O) groups excluding carboxylic acids is 3. The molecule has 1 heterocycles. The van der Waals surface area contributed by atoms with Crippen molar-refractivity contribution in [2.45, 2.75) is 96.7 Å². The summed E-state index contributed by atoms with van der Waals surface area (Å²) in [6.07, 6.45) is 5.59. The Morgan fingerprint density at radius 1 is 0.886 bits per heavy atom. The maximum atomic E-state index is 12.4. The minimum absolute atomic E-state index is 0.0297. The zero-order chi connectivity index (χ0) is 26.3. The van der Waals surface area contributed by atoms with Crippen LogP contribution in [-0.2, 0) is 38.1 Å². The molecule has 1 rings (SSSR count). The maximum absolute atomic E-state index is 12.4. The van der Waals surface area contributed by atoms with E-state index in [1.807, 2.05) is 20.8 Å². The molecule has 4 atom stereocenters. The monoisotopic (exact) mass is 498 g/mol. The summed E-state index contributed by atoms with van der Waals surface area (Å²) in [5, 5.41) is 0. The highest BCUT2D eigenvalue weighted by Gasteiger charge is 2.48. The highest BCUT2D eigenvalue weighted by Crippen LogP contribution is 2.26. The van der Waals surface area contributed by atoms with Gasteiger partial charge < -0.3 is 28.2 Å². The molecule has 0 N–H and O–H groups in total. The lowest BCUT2D eigenvalue weighted by molar-refractivity contribution is -0.883. The third kappa shape index (κ3) is 11.9. The minimum atomic E-state index is -1.04. The van der Waals surface area contributed by atoms with Gasteiger partial charge in [-0.2, -0.15) is 0 Å². The molecule has 0 saturated carbocycles. The molecule has 35 heavy (non-hydrogen) atoms. The molecular weight excluding hydrogens is 454 g/mol. The van der Waals surface area contributed by atoms with Crippen LogP contribution in [0.4, 0.5) is 0 Å². The lowest BCUT2D eigenvalue weighted by Gasteiger charge is -2.40. The van der Waals surface area contributed by atoms with Crippen LogP contribution in [0.3, 0.4) is 0 Å². The predicted octanol–water partition coefficient (Wildman–Crippen LogP) is 2.98. The smallest absolute Gasteiger partial charge is 0.306 e. The van der Waals surface area contributed by atoms with E-state index >= 15 is 0 Å². The molecule has 200 valence electrons. The summed E-state index contributed by atoms with van der Waals surface area (Å²) in [6, 6.07) is 0. The SMILES string of the molecule is C#CC[N+](C)(C)CCCCO[C@@H]1OC[C@H](OC(=O)CCC)[C@H](OC(=O)CCC)[C@H]1OC(=O)CCC. The number of esters is 3. The van der Waals surface area contributed by atoms with E-state index in [-0.39, 0.29) is 25.9 Å². The second-order valence-electron chi connectivity index (χ2n) is 9.49. The topological polar surface area (TPSA) is 97.4 Å². The summed E-state index contributed by atoms with van der Waals surface area (Å²) in [5.74, 6) is 1.34. The van der Waals surface area contributed by atoms with Gasteiger partial charge in [-0.15, -0.1) is 6.42 Å². The summed E-state index contributed by atoms with van der Waals surface area (Å²) in [6.45, 7) is 7.45. The van der Waals surface area contributed by atoms with E-state index in [0.717, 1.165) is 19.4 Å². The molecule has 0 amide bonds. The number of rotatable bonds is 16. The van der Waals surface area contributed by atoms with E-state index < -0.39 is 42.5 Å². The van der Waals surface area contributed by atoms with E-state index in [1.54, 1.807) is 0 Å². The second-order valence-corrected chi connectivity index (χ2v) is 9.49. The first-order chi connectivity index (χ1) is 16.7. The van der Waals surface area contributed by atoms with Crippen LogP contribution < -0.4 is 0 Å². The van der Waals surface area contributed by atoms with Gasteiger partial charge in [0.25, 0.3) is 0 Å². The van der Waals surface area contributed by atoms with E-state index in [1.165, 1.54) is 0 Å². The second kappa shape index (κ2) is 16.5. The Bertz CT molecular complexity index is 702. The minimum Gasteiger partial charge on any atom is -0.456 e. The lowest BCUT2D eigenvalue weighted by atomic mass is 10.0. The molecule has 0 bridgehead atoms. The summed E-state index contributed by atoms with van der Waals surface area (Å²) in [7, 11) is 4.15. The fraction of sp³-hybridized carbons (Fsp3) is 0.808. The van der Waals surface area contributed by atoms with E-state index in [9.17, 15) is 14.4 Å². The van der Waals surface area contributed by atoms with Gasteiger partial charge in [0, 0.05) is 19.3 Å². The van der Waals surface area contributed by atoms with Crippen molar-refractivity contribution in [1.29, 1.82) is 0 Å². The molecule has 1 fully saturated rings. The zero-order valence-corrected chi connectivity index (χ0v) is 22.1. The molecule has 1 aliphatic heterocycles. The Morgan fingerprint density at radius 3 is 1.97 bits per heavy atom. The van der Waals surface area contributed by atoms with Gasteiger partial charge in [0.05, 0.1) is 33.9 Å². The van der Waals surface area contributed by atoms with Crippen LogP contribution in [0.15, 0.2) is 0 Å². The molecule has 0 radical (unpaired) electrons. The van der Waals surface area contributed by atoms with Crippen molar-refractivity contribution in [3.63, 3.8) is 0 Å². The quantitative estimate of drug-likeness (QED) is 0.105. The first-order valence-electron chi connectivity index (χ1n) is 12.7. The normalized spacial score (nSPS) is 22.2. The van der Waals surface area contributed by atoms with Gasteiger partial charge in [-0.25, -0.2) is 0 Å². The Hall–Kier alpha value is -2.15. The number of hydrogen-bond donors (Lipinski definition) is 0. The highest BCUT2D eigenvalue weighted by atomic mass is 16.7. The molecular formula is C26H44NO8+. The molecule has 9 heteroatoms. The van der Waals surface area contributed by atoms with Crippen LogP contribution in [0.5, 0.6) is 0 Å². The molecule has 0 aromatic carbocycles. The Kier molecular flexibility index (Phi) is 14.6. The van der Waals surface area contributed by atoms with Crippen molar-refractivity contribution in [3.8, 4) is 12.3 Å². The van der Waals surface area contributed by atoms with Crippen LogP contribution in [-0.4, -0.2) is 87.4 Å². The molecule has 0 spiro atoms. The van der Waals surface area contributed by atoms with E-state index in [0.29, 0.717) is 36.9 Å². The number of terminal acetylenes is 1. The molecule has 0 aromatic rings. The lowest BCUT2D eigenvalue weighted by Crippen LogP contribution is -2.58. The van der Waals surface area contributed by atoms with Gasteiger partial charge in [-0.1, -0.05) is 20.8 Å². The molecule has 1 saturated heterocycles. The highest BCUT2D eigenvalue weighted by molar-refractivity contribution is 5.71. The average Bonchev–Trinajstić information content (AvgIpc) is 2.77. The number of quaternary nitrogens is 1. The van der Waals surface area contributed by atoms with Crippen LogP contribution >= 0.6 is 0 Å². The third-order valence-corrected chi connectivity index (χ3v) is 5.52. The fourth-order valence-corrected chi connectivity index (χ4v) is 3.68. The summed E-state index contributed by atoms with van der Waals surface area (Å²) in [4.78, 5) is 37.0. The molecule has 0 unspecified atom stereocenters. The van der Waals surface area contributed by atoms with Gasteiger partial charge in [-0.3, -0.25) is 14.4 Å². The largest absolute Gasteiger partial charge is 0.456 e. The van der Waals surface area contributed by atoms with Gasteiger partial charge in [-0.05, 0) is 38.0 Å². The van der Waals surface area contributed by atoms with Crippen molar-refractivity contribution in [3.05, 3.63) is 0 Å². The van der Waals surface area contributed by atoms with Gasteiger partial charge in [0.15, 0.2) is 24.6 Å². The van der Waals surface area contributed by atoms with Crippen molar-refractivity contribution >= 4 is 17.9 Å². The number of ether oxygens (including phenoxy) is 5. The zero-order valence-electron chi connectivity index (χ0n) is 22.1. The predicted molar refractivity (Wildman–Crippen MR) is 130 cm³/mol. The summed E-state index contributed by atoms with van der Waals surface area (Å²) < 4.78 is 29.4. The van der Waals surface area contributed by atoms with Gasteiger partial charge in [0.2, 0.25) is 0 Å². The van der Waals surface area contributed by atoms with Crippen molar-refractivity contribution in [2.75, 3.05) is 40.4 Å². The standard InChI is InChI=1S/C26H44NO8/c1-7-13-21(28)33-20-19-32-26(31-18-12-11-17-27(5,6)16-10-4)25(35-23(30)15-9-3)24(20)34-22(29)14-8-2/h4,20,24-26H,7-9,11-19H2,1-3,5-6H3/q+1/t20-,24-,25+,26+/m0/s1. The van der Waals surface area contributed by atoms with Crippen molar-refractivity contribution < 1.29 is 42.6 Å². The molecule has 9 nitrogen and oxygen atoms in total. The number of carbonyl (C=O) groups is 3. The fourth-order valence-electron chi connectivity index (χ4n) is 3.68. The average molecular weight is 499 g/mol. The van der Waals surface area contributed by atoms with Crippen LogP contribution in [0.1, 0.15) is 72.1 Å². The summed E-state index contributed by atoms with van der Waals surface area (Å²) >= 11 is 0. The maximum Gasteiger partial charge on any atom is 0.306 e. The third-order valence-electron chi connectivity index (χ3n) is 5.52. The van der Waals surface area contributed by atoms with Gasteiger partial charge in [0.1, 0.15) is 6.54 Å². The number of nitrogens with zero attached hydrogens (tertiary/aromatic N) is 1. The number of unbranched alkanes of at least 4 members (excludes halogenated alkanes) is 1. The number of hydrogen-bond acceptors (Lipinski definition) is 8. The molecule has 1 aliphatic rings. The molecule has 0 aliphatic carbocycles. The van der Waals surface area contributed by atoms with Crippen molar-refractivity contribution in [1.82, 2.24) is 0 Å². The van der Waals surface area contributed by atoms with Crippen molar-refractivity contribution in [2.24, 2.45) is 0 Å². The van der Waals surface area contributed by atoms with E-state index in [2.05, 4.69) is 20.0 Å². The van der Waals surface area contributed by atoms with Gasteiger partial charge >= 0.3 is 17.9 Å². The van der Waals surface area contributed by atoms with E-state index in [4.69, 9.17) is 30.1 Å². The van der Waals surface area contributed by atoms with Crippen LogP contribution in [0, 0.1) is 12.3 Å². The first-order valence-corrected chi connectivity index (χ1v) is 12.7. The Labute approximate surface area is 210 Å². The summed E-state index contributed by atoms with van der Waals surface area (Å²) in [5.41, 5.74) is 0. The first kappa shape index (κ1) is 30.9. The Morgan fingerprint density at radius 2 is 1.43 bits per heavy atom. The van der Waals surface area contributed by atoms with Crippen LogP contribution in [0.25, 0.3) is 0 Å². The van der Waals surface area contributed by atoms with Crippen LogP contribution in [0.2, 0.25) is 0 Å². The Balaban J connectivity index is 2.94. The molecule has 0 aromatic heterocycles.